The molecule has 1 saturated heterocycles. The van der Waals surface area contributed by atoms with E-state index in [1.165, 1.54) is 4.88 Å². The Bertz CT molecular complexity index is 440. The Kier molecular flexibility index (Phi) is 4.58. The molecule has 4 nitrogen and oxygen atoms in total. The number of carbonyl (C=O) groups excluding carboxylic acids is 1. The second-order valence-corrected chi connectivity index (χ2v) is 6.37. The molecule has 1 fully saturated rings. The summed E-state index contributed by atoms with van der Waals surface area (Å²) in [7, 11) is 0. The van der Waals surface area contributed by atoms with Crippen LogP contribution in [0.3, 0.4) is 0 Å². The minimum atomic E-state index is -0.0866. The van der Waals surface area contributed by atoms with Gasteiger partial charge in [0, 0.05) is 29.6 Å². The molecule has 0 spiro atoms. The third-order valence-electron chi connectivity index (χ3n) is 4.30. The zero-order chi connectivity index (χ0) is 13.9. The third-order valence-corrected chi connectivity index (χ3v) is 5.45. The highest BCUT2D eigenvalue weighted by Gasteiger charge is 2.45. The Morgan fingerprint density at radius 3 is 2.79 bits per heavy atom. The van der Waals surface area contributed by atoms with E-state index in [0.717, 1.165) is 30.8 Å². The van der Waals surface area contributed by atoms with Gasteiger partial charge in [0.05, 0.1) is 6.04 Å². The van der Waals surface area contributed by atoms with Crippen molar-refractivity contribution in [3.8, 4) is 0 Å². The van der Waals surface area contributed by atoms with E-state index in [4.69, 9.17) is 0 Å². The van der Waals surface area contributed by atoms with Crippen molar-refractivity contribution < 1.29 is 4.79 Å². The summed E-state index contributed by atoms with van der Waals surface area (Å²) in [6, 6.07) is -0.0866. The number of nitrogens with one attached hydrogen (secondary N) is 2. The lowest BCUT2D eigenvalue weighted by molar-refractivity contribution is -0.122. The van der Waals surface area contributed by atoms with Crippen molar-refractivity contribution in [1.82, 2.24) is 15.6 Å². The number of thiazole rings is 1. The van der Waals surface area contributed by atoms with Crippen LogP contribution >= 0.6 is 11.3 Å². The summed E-state index contributed by atoms with van der Waals surface area (Å²) in [6.45, 7) is 7.93. The molecule has 106 valence electrons. The normalized spacial score (nSPS) is 21.6. The number of rotatable bonds is 6. The zero-order valence-electron chi connectivity index (χ0n) is 12.0. The first kappa shape index (κ1) is 14.5. The van der Waals surface area contributed by atoms with Gasteiger partial charge in [-0.05, 0) is 19.3 Å². The van der Waals surface area contributed by atoms with Gasteiger partial charge in [-0.3, -0.25) is 10.1 Å². The average molecular weight is 281 g/mol. The van der Waals surface area contributed by atoms with E-state index in [9.17, 15) is 4.79 Å². The molecule has 0 radical (unpaired) electrons. The Balaban J connectivity index is 2.02. The maximum Gasteiger partial charge on any atom is 0.237 e. The van der Waals surface area contributed by atoms with Crippen LogP contribution in [0.1, 0.15) is 43.5 Å². The van der Waals surface area contributed by atoms with E-state index in [1.54, 1.807) is 11.3 Å². The predicted molar refractivity (Wildman–Crippen MR) is 78.1 cm³/mol. The van der Waals surface area contributed by atoms with Crippen molar-refractivity contribution >= 4 is 17.2 Å². The summed E-state index contributed by atoms with van der Waals surface area (Å²) < 4.78 is 0. The van der Waals surface area contributed by atoms with E-state index in [0.29, 0.717) is 6.54 Å². The van der Waals surface area contributed by atoms with Gasteiger partial charge in [0.2, 0.25) is 5.91 Å². The molecule has 1 aliphatic rings. The highest BCUT2D eigenvalue weighted by molar-refractivity contribution is 7.11. The summed E-state index contributed by atoms with van der Waals surface area (Å²) in [6.07, 6.45) is 4.98. The van der Waals surface area contributed by atoms with Gasteiger partial charge in [0.15, 0.2) is 0 Å². The molecule has 0 aromatic carbocycles. The molecule has 2 N–H and O–H groups in total. The molecule has 1 aliphatic heterocycles. The zero-order valence-corrected chi connectivity index (χ0v) is 12.8. The van der Waals surface area contributed by atoms with Crippen LogP contribution in [0.5, 0.6) is 0 Å². The second-order valence-electron chi connectivity index (χ2n) is 5.18. The lowest BCUT2D eigenvalue weighted by Gasteiger charge is -2.31. The first-order chi connectivity index (χ1) is 9.15. The monoisotopic (exact) mass is 281 g/mol. The van der Waals surface area contributed by atoms with Crippen molar-refractivity contribution in [2.45, 2.75) is 52.6 Å². The number of hydrogen-bond acceptors (Lipinski definition) is 4. The summed E-state index contributed by atoms with van der Waals surface area (Å²) in [5.74, 6) is 0.135. The summed E-state index contributed by atoms with van der Waals surface area (Å²) in [5.41, 5.74) is 0.0575. The molecule has 5 heteroatoms. The number of carbonyl (C=O) groups is 1. The lowest BCUT2D eigenvalue weighted by Crippen LogP contribution is -2.45. The fourth-order valence-electron chi connectivity index (χ4n) is 2.75. The van der Waals surface area contributed by atoms with Crippen LogP contribution in [0, 0.1) is 5.41 Å². The van der Waals surface area contributed by atoms with Gasteiger partial charge in [0.25, 0.3) is 0 Å². The number of aryl methyl sites for hydroxylation is 1. The van der Waals surface area contributed by atoms with Crippen LogP contribution in [0.2, 0.25) is 0 Å². The first-order valence-electron chi connectivity index (χ1n) is 7.10. The molecule has 2 heterocycles. The molecule has 0 bridgehead atoms. The van der Waals surface area contributed by atoms with Crippen LogP contribution in [-0.4, -0.2) is 23.5 Å². The summed E-state index contributed by atoms with van der Waals surface area (Å²) >= 11 is 1.73. The molecule has 1 aromatic rings. The molecular weight excluding hydrogens is 258 g/mol. The van der Waals surface area contributed by atoms with Crippen LogP contribution in [0.25, 0.3) is 0 Å². The summed E-state index contributed by atoms with van der Waals surface area (Å²) in [4.78, 5) is 17.7. The van der Waals surface area contributed by atoms with Crippen LogP contribution in [0.15, 0.2) is 6.20 Å². The number of aromatic nitrogens is 1. The maximum absolute atomic E-state index is 12.0. The average Bonchev–Trinajstić information content (AvgIpc) is 3.01. The van der Waals surface area contributed by atoms with E-state index in [-0.39, 0.29) is 17.4 Å². The fraction of sp³-hybridized carbons (Fsp3) is 0.714. The van der Waals surface area contributed by atoms with Gasteiger partial charge in [-0.2, -0.15) is 0 Å². The molecule has 1 atom stereocenters. The highest BCUT2D eigenvalue weighted by atomic mass is 32.1. The lowest BCUT2D eigenvalue weighted by atomic mass is 9.78. The minimum absolute atomic E-state index is 0.0575. The molecule has 19 heavy (non-hydrogen) atoms. The Labute approximate surface area is 119 Å². The van der Waals surface area contributed by atoms with Crippen LogP contribution in [-0.2, 0) is 17.8 Å². The summed E-state index contributed by atoms with van der Waals surface area (Å²) in [5, 5.41) is 7.48. The predicted octanol–water partition coefficient (Wildman–Crippen LogP) is 2.10. The van der Waals surface area contributed by atoms with E-state index in [1.807, 2.05) is 6.20 Å². The van der Waals surface area contributed by atoms with Crippen molar-refractivity contribution in [3.05, 3.63) is 16.1 Å². The van der Waals surface area contributed by atoms with Gasteiger partial charge in [-0.15, -0.1) is 11.3 Å². The van der Waals surface area contributed by atoms with Gasteiger partial charge in [0.1, 0.15) is 5.01 Å². The fourth-order valence-corrected chi connectivity index (χ4v) is 3.56. The van der Waals surface area contributed by atoms with Gasteiger partial charge in [-0.25, -0.2) is 4.98 Å². The highest BCUT2D eigenvalue weighted by Crippen LogP contribution is 2.34. The molecule has 2 rings (SSSR count). The van der Waals surface area contributed by atoms with Crippen molar-refractivity contribution in [1.29, 1.82) is 0 Å². The molecular formula is C14H23N3OS. The molecule has 0 saturated carbocycles. The first-order valence-corrected chi connectivity index (χ1v) is 7.91. The minimum Gasteiger partial charge on any atom is -0.354 e. The second kappa shape index (κ2) is 6.01. The molecule has 1 aromatic heterocycles. The van der Waals surface area contributed by atoms with E-state index >= 15 is 0 Å². The van der Waals surface area contributed by atoms with Gasteiger partial charge in [-0.1, -0.05) is 20.8 Å². The molecule has 0 aliphatic carbocycles. The quantitative estimate of drug-likeness (QED) is 0.839. The van der Waals surface area contributed by atoms with Crippen molar-refractivity contribution in [2.75, 3.05) is 6.54 Å². The topological polar surface area (TPSA) is 54.0 Å². The van der Waals surface area contributed by atoms with Gasteiger partial charge >= 0.3 is 0 Å². The maximum atomic E-state index is 12.0. The van der Waals surface area contributed by atoms with E-state index < -0.39 is 0 Å². The SMILES string of the molecule is CCc1cnc(CNC2C(=O)NCC2(CC)CC)s1. The van der Waals surface area contributed by atoms with Crippen molar-refractivity contribution in [2.24, 2.45) is 5.41 Å². The Hall–Kier alpha value is -0.940. The van der Waals surface area contributed by atoms with Crippen molar-refractivity contribution in [3.63, 3.8) is 0 Å². The van der Waals surface area contributed by atoms with Gasteiger partial charge < -0.3 is 5.32 Å². The van der Waals surface area contributed by atoms with Crippen LogP contribution in [0.4, 0.5) is 0 Å². The van der Waals surface area contributed by atoms with Crippen LogP contribution < -0.4 is 10.6 Å². The Morgan fingerprint density at radius 1 is 1.47 bits per heavy atom. The largest absolute Gasteiger partial charge is 0.354 e. The van der Waals surface area contributed by atoms with E-state index in [2.05, 4.69) is 36.4 Å². The molecule has 1 unspecified atom stereocenters. The third kappa shape index (κ3) is 2.82. The molecule has 1 amide bonds. The Morgan fingerprint density at radius 2 is 2.21 bits per heavy atom. The number of hydrogen-bond donors (Lipinski definition) is 2. The smallest absolute Gasteiger partial charge is 0.237 e. The number of nitrogens with zero attached hydrogens (tertiary/aromatic N) is 1. The number of amides is 1. The standard InChI is InChI=1S/C14H23N3OS/c1-4-10-7-15-11(19-10)8-16-12-13(18)17-9-14(12,5-2)6-3/h7,12,16H,4-6,8-9H2,1-3H3,(H,17,18).